The van der Waals surface area contributed by atoms with Crippen LogP contribution in [-0.4, -0.2) is 32.7 Å². The van der Waals surface area contributed by atoms with Gasteiger partial charge < -0.3 is 15.0 Å². The molecule has 1 atom stereocenters. The molecule has 2 N–H and O–H groups in total. The lowest BCUT2D eigenvalue weighted by molar-refractivity contribution is -0.871. The van der Waals surface area contributed by atoms with Gasteiger partial charge in [0.15, 0.2) is 6.54 Å². The number of carbonyl (C=O) groups is 1. The van der Waals surface area contributed by atoms with Crippen molar-refractivity contribution in [2.45, 2.75) is 13.8 Å². The van der Waals surface area contributed by atoms with Gasteiger partial charge in [-0.1, -0.05) is 30.3 Å². The van der Waals surface area contributed by atoms with Gasteiger partial charge in [-0.2, -0.15) is 0 Å². The fourth-order valence-electron chi connectivity index (χ4n) is 2.29. The summed E-state index contributed by atoms with van der Waals surface area (Å²) in [5.41, 5.74) is 3.11. The average molecular weight is 313 g/mol. The highest BCUT2D eigenvalue weighted by Gasteiger charge is 2.11. The molecule has 0 radical (unpaired) electrons. The Kier molecular flexibility index (Phi) is 6.18. The predicted molar refractivity (Wildman–Crippen MR) is 93.1 cm³/mol. The Morgan fingerprint density at radius 2 is 1.87 bits per heavy atom. The molecule has 0 fully saturated rings. The van der Waals surface area contributed by atoms with E-state index in [0.29, 0.717) is 13.2 Å². The standard InChI is InChI=1S/C19H24N2O2/c1-15-9-10-16(2)18(13-15)20-19(22)14-21(3)11-12-23-17-7-5-4-6-8-17/h4-10,13H,11-12,14H2,1-3H3,(H,20,22)/p+1. The van der Waals surface area contributed by atoms with Gasteiger partial charge in [0.05, 0.1) is 7.05 Å². The highest BCUT2D eigenvalue weighted by molar-refractivity contribution is 5.92. The summed E-state index contributed by atoms with van der Waals surface area (Å²) in [5.74, 6) is 0.885. The molecule has 122 valence electrons. The normalized spacial score (nSPS) is 11.8. The number of likely N-dealkylation sites (N-methyl/N-ethyl adjacent to an activating group) is 1. The molecule has 23 heavy (non-hydrogen) atoms. The average Bonchev–Trinajstić information content (AvgIpc) is 2.52. The topological polar surface area (TPSA) is 42.8 Å². The van der Waals surface area contributed by atoms with Crippen LogP contribution >= 0.6 is 0 Å². The quantitative estimate of drug-likeness (QED) is 0.819. The molecular weight excluding hydrogens is 288 g/mol. The van der Waals surface area contributed by atoms with E-state index in [4.69, 9.17) is 4.74 Å². The molecule has 2 aromatic rings. The molecule has 1 amide bonds. The number of rotatable bonds is 7. The molecule has 0 bridgehead atoms. The number of para-hydroxylation sites is 1. The van der Waals surface area contributed by atoms with Crippen LogP contribution in [0.3, 0.4) is 0 Å². The summed E-state index contributed by atoms with van der Waals surface area (Å²) in [6.07, 6.45) is 0. The number of benzene rings is 2. The van der Waals surface area contributed by atoms with Crippen LogP contribution in [0.4, 0.5) is 5.69 Å². The van der Waals surface area contributed by atoms with Gasteiger partial charge in [-0.15, -0.1) is 0 Å². The molecular formula is C19H25N2O2+. The van der Waals surface area contributed by atoms with Crippen molar-refractivity contribution in [3.8, 4) is 5.75 Å². The van der Waals surface area contributed by atoms with Crippen molar-refractivity contribution in [3.05, 3.63) is 59.7 Å². The van der Waals surface area contributed by atoms with Crippen molar-refractivity contribution in [2.24, 2.45) is 0 Å². The molecule has 0 saturated heterocycles. The van der Waals surface area contributed by atoms with Crippen LogP contribution in [0, 0.1) is 13.8 Å². The van der Waals surface area contributed by atoms with Crippen LogP contribution in [0.2, 0.25) is 0 Å². The van der Waals surface area contributed by atoms with E-state index in [1.807, 2.05) is 69.4 Å². The van der Waals surface area contributed by atoms with Gasteiger partial charge in [0.25, 0.3) is 5.91 Å². The first kappa shape index (κ1) is 17.0. The third-order valence-electron chi connectivity index (χ3n) is 3.67. The van der Waals surface area contributed by atoms with Crippen LogP contribution in [0.5, 0.6) is 5.75 Å². The van der Waals surface area contributed by atoms with Crippen LogP contribution in [0.1, 0.15) is 11.1 Å². The van der Waals surface area contributed by atoms with Crippen LogP contribution in [0.25, 0.3) is 0 Å². The lowest BCUT2D eigenvalue weighted by atomic mass is 10.1. The van der Waals surface area contributed by atoms with Gasteiger partial charge >= 0.3 is 0 Å². The zero-order valence-corrected chi connectivity index (χ0v) is 14.1. The molecule has 2 rings (SSSR count). The second kappa shape index (κ2) is 8.34. The fourth-order valence-corrected chi connectivity index (χ4v) is 2.29. The lowest BCUT2D eigenvalue weighted by Crippen LogP contribution is -3.10. The van der Waals surface area contributed by atoms with Gasteiger partial charge in [0.1, 0.15) is 18.9 Å². The van der Waals surface area contributed by atoms with Crippen LogP contribution in [0.15, 0.2) is 48.5 Å². The van der Waals surface area contributed by atoms with Gasteiger partial charge in [0, 0.05) is 5.69 Å². The number of ether oxygens (including phenoxy) is 1. The minimum atomic E-state index is 0.0240. The van der Waals surface area contributed by atoms with Crippen molar-refractivity contribution in [1.82, 2.24) is 0 Å². The minimum Gasteiger partial charge on any atom is -0.488 e. The third-order valence-corrected chi connectivity index (χ3v) is 3.67. The maximum absolute atomic E-state index is 12.1. The number of hydrogen-bond acceptors (Lipinski definition) is 2. The van der Waals surface area contributed by atoms with Gasteiger partial charge in [0.2, 0.25) is 0 Å². The fraction of sp³-hybridized carbons (Fsp3) is 0.316. The molecule has 0 aliphatic heterocycles. The Hall–Kier alpha value is -2.33. The Balaban J connectivity index is 1.75. The number of quaternary nitrogens is 1. The molecule has 2 aromatic carbocycles. The van der Waals surface area contributed by atoms with E-state index in [2.05, 4.69) is 5.32 Å². The SMILES string of the molecule is Cc1ccc(C)c(NC(=O)C[NH+](C)CCOc2ccccc2)c1. The second-order valence-corrected chi connectivity index (χ2v) is 5.91. The predicted octanol–water partition coefficient (Wildman–Crippen LogP) is 1.84. The second-order valence-electron chi connectivity index (χ2n) is 5.91. The maximum Gasteiger partial charge on any atom is 0.279 e. The molecule has 0 aliphatic rings. The monoisotopic (exact) mass is 313 g/mol. The summed E-state index contributed by atoms with van der Waals surface area (Å²) in [6, 6.07) is 15.8. The molecule has 4 heteroatoms. The number of hydrogen-bond donors (Lipinski definition) is 2. The smallest absolute Gasteiger partial charge is 0.279 e. The van der Waals surface area contributed by atoms with E-state index in [0.717, 1.165) is 34.0 Å². The van der Waals surface area contributed by atoms with E-state index in [9.17, 15) is 4.79 Å². The van der Waals surface area contributed by atoms with E-state index >= 15 is 0 Å². The highest BCUT2D eigenvalue weighted by Crippen LogP contribution is 2.15. The van der Waals surface area contributed by atoms with Gasteiger partial charge in [-0.3, -0.25) is 4.79 Å². The van der Waals surface area contributed by atoms with E-state index in [-0.39, 0.29) is 5.91 Å². The summed E-state index contributed by atoms with van der Waals surface area (Å²) in [7, 11) is 2.00. The van der Waals surface area contributed by atoms with Gasteiger partial charge in [-0.05, 0) is 43.2 Å². The van der Waals surface area contributed by atoms with Crippen LogP contribution in [-0.2, 0) is 4.79 Å². The van der Waals surface area contributed by atoms with Crippen molar-refractivity contribution < 1.29 is 14.4 Å². The number of amides is 1. The maximum atomic E-state index is 12.1. The summed E-state index contributed by atoms with van der Waals surface area (Å²) < 4.78 is 5.66. The van der Waals surface area contributed by atoms with E-state index < -0.39 is 0 Å². The molecule has 0 aliphatic carbocycles. The van der Waals surface area contributed by atoms with Crippen molar-refractivity contribution in [1.29, 1.82) is 0 Å². The molecule has 4 nitrogen and oxygen atoms in total. The van der Waals surface area contributed by atoms with Crippen molar-refractivity contribution in [2.75, 3.05) is 32.1 Å². The molecule has 0 saturated carbocycles. The van der Waals surface area contributed by atoms with E-state index in [1.165, 1.54) is 0 Å². The number of nitrogens with one attached hydrogen (secondary N) is 2. The Labute approximate surface area is 138 Å². The third kappa shape index (κ3) is 5.75. The Bertz CT molecular complexity index is 641. The lowest BCUT2D eigenvalue weighted by Gasteiger charge is -2.15. The van der Waals surface area contributed by atoms with E-state index in [1.54, 1.807) is 0 Å². The number of anilines is 1. The number of aryl methyl sites for hydroxylation is 2. The number of carbonyl (C=O) groups excluding carboxylic acids is 1. The first-order valence-electron chi connectivity index (χ1n) is 7.91. The van der Waals surface area contributed by atoms with Crippen molar-refractivity contribution >= 4 is 11.6 Å². The molecule has 0 aromatic heterocycles. The Morgan fingerprint density at radius 3 is 2.61 bits per heavy atom. The Morgan fingerprint density at radius 1 is 1.13 bits per heavy atom. The summed E-state index contributed by atoms with van der Waals surface area (Å²) in [6.45, 7) is 5.81. The summed E-state index contributed by atoms with van der Waals surface area (Å²) in [4.78, 5) is 13.3. The molecule has 1 unspecified atom stereocenters. The van der Waals surface area contributed by atoms with Crippen LogP contribution < -0.4 is 15.0 Å². The van der Waals surface area contributed by atoms with Gasteiger partial charge in [-0.25, -0.2) is 0 Å². The minimum absolute atomic E-state index is 0.0240. The highest BCUT2D eigenvalue weighted by atomic mass is 16.5. The van der Waals surface area contributed by atoms with Crippen molar-refractivity contribution in [3.63, 3.8) is 0 Å². The summed E-state index contributed by atoms with van der Waals surface area (Å²) >= 11 is 0. The molecule has 0 spiro atoms. The zero-order valence-electron chi connectivity index (χ0n) is 14.1. The largest absolute Gasteiger partial charge is 0.488 e. The zero-order chi connectivity index (χ0) is 16.7. The first-order valence-corrected chi connectivity index (χ1v) is 7.91. The first-order chi connectivity index (χ1) is 11.0. The molecule has 0 heterocycles. The summed E-state index contributed by atoms with van der Waals surface area (Å²) in [5, 5.41) is 2.99.